The molecule has 1 aliphatic rings. The zero-order chi connectivity index (χ0) is 24.1. The fourth-order valence-electron chi connectivity index (χ4n) is 3.21. The molecule has 0 bridgehead atoms. The van der Waals surface area contributed by atoms with Crippen LogP contribution in [0.4, 0.5) is 15.8 Å². The van der Waals surface area contributed by atoms with E-state index in [-0.39, 0.29) is 18.4 Å². The van der Waals surface area contributed by atoms with E-state index >= 15 is 0 Å². The molecular formula is C25H19FN2O4S2. The van der Waals surface area contributed by atoms with Crippen LogP contribution in [0.25, 0.3) is 6.08 Å². The summed E-state index contributed by atoms with van der Waals surface area (Å²) in [6.45, 7) is -0.198. The molecule has 0 unspecified atom stereocenters. The van der Waals surface area contributed by atoms with Gasteiger partial charge in [0.2, 0.25) is 0 Å². The summed E-state index contributed by atoms with van der Waals surface area (Å²) in [6.07, 6.45) is 1.67. The van der Waals surface area contributed by atoms with E-state index in [4.69, 9.17) is 21.7 Å². The SMILES string of the molecule is COc1cc(/C=C2/SC(=S)N(c3cccc(F)c3)C2=O)ccc1OCC(=O)Nc1ccccc1. The summed E-state index contributed by atoms with van der Waals surface area (Å²) in [7, 11) is 1.49. The molecule has 1 heterocycles. The number of rotatable bonds is 7. The highest BCUT2D eigenvalue weighted by Gasteiger charge is 2.33. The number of benzene rings is 3. The van der Waals surface area contributed by atoms with Crippen molar-refractivity contribution in [3.05, 3.63) is 89.1 Å². The average molecular weight is 495 g/mol. The van der Waals surface area contributed by atoms with Crippen molar-refractivity contribution in [1.82, 2.24) is 0 Å². The van der Waals surface area contributed by atoms with Crippen LogP contribution in [0.15, 0.2) is 77.7 Å². The first-order valence-corrected chi connectivity index (χ1v) is 11.4. The highest BCUT2D eigenvalue weighted by molar-refractivity contribution is 8.27. The first-order chi connectivity index (χ1) is 16.4. The second-order valence-electron chi connectivity index (χ2n) is 7.11. The highest BCUT2D eigenvalue weighted by Crippen LogP contribution is 2.37. The minimum atomic E-state index is -0.451. The number of carbonyl (C=O) groups excluding carboxylic acids is 2. The Hall–Kier alpha value is -3.69. The van der Waals surface area contributed by atoms with Crippen molar-refractivity contribution in [2.75, 3.05) is 23.9 Å². The quantitative estimate of drug-likeness (QED) is 0.357. The van der Waals surface area contributed by atoms with Crippen LogP contribution >= 0.6 is 24.0 Å². The fraction of sp³-hybridized carbons (Fsp3) is 0.0800. The van der Waals surface area contributed by atoms with E-state index in [1.54, 1.807) is 42.5 Å². The number of nitrogens with one attached hydrogen (secondary N) is 1. The Morgan fingerprint density at radius 3 is 2.62 bits per heavy atom. The summed E-state index contributed by atoms with van der Waals surface area (Å²) in [5.41, 5.74) is 1.73. The van der Waals surface area contributed by atoms with Gasteiger partial charge in [-0.25, -0.2) is 4.39 Å². The van der Waals surface area contributed by atoms with E-state index in [2.05, 4.69) is 5.32 Å². The molecule has 3 aromatic rings. The van der Waals surface area contributed by atoms with Crippen LogP contribution in [0.1, 0.15) is 5.56 Å². The minimum absolute atomic E-state index is 0.198. The van der Waals surface area contributed by atoms with Gasteiger partial charge in [-0.05, 0) is 54.1 Å². The molecule has 1 aliphatic heterocycles. The molecular weight excluding hydrogens is 475 g/mol. The monoisotopic (exact) mass is 494 g/mol. The Morgan fingerprint density at radius 2 is 1.88 bits per heavy atom. The number of amides is 2. The van der Waals surface area contributed by atoms with Gasteiger partial charge in [-0.3, -0.25) is 14.5 Å². The standard InChI is InChI=1S/C25H19FN2O4S2/c1-31-21-12-16(10-11-20(21)32-15-23(29)27-18-7-3-2-4-8-18)13-22-24(30)28(25(33)34-22)19-9-5-6-17(26)14-19/h2-14H,15H2,1H3,(H,27,29)/b22-13+. The van der Waals surface area contributed by atoms with E-state index in [1.807, 2.05) is 18.2 Å². The Bertz CT molecular complexity index is 1280. The Kier molecular flexibility index (Phi) is 7.24. The van der Waals surface area contributed by atoms with Crippen molar-refractivity contribution in [3.8, 4) is 11.5 Å². The summed E-state index contributed by atoms with van der Waals surface area (Å²) < 4.78 is 24.9. The van der Waals surface area contributed by atoms with E-state index in [1.165, 1.54) is 30.2 Å². The Labute approximate surface area is 205 Å². The third kappa shape index (κ3) is 5.44. The number of methoxy groups -OCH3 is 1. The largest absolute Gasteiger partial charge is 0.493 e. The van der Waals surface area contributed by atoms with Crippen molar-refractivity contribution >= 4 is 57.6 Å². The minimum Gasteiger partial charge on any atom is -0.493 e. The maximum atomic E-state index is 13.6. The van der Waals surface area contributed by atoms with Gasteiger partial charge in [-0.1, -0.05) is 54.3 Å². The van der Waals surface area contributed by atoms with Crippen molar-refractivity contribution in [2.24, 2.45) is 0 Å². The second kappa shape index (κ2) is 10.5. The van der Waals surface area contributed by atoms with Gasteiger partial charge in [0.05, 0.1) is 17.7 Å². The number of carbonyl (C=O) groups is 2. The van der Waals surface area contributed by atoms with Crippen LogP contribution < -0.4 is 19.7 Å². The molecule has 1 saturated heterocycles. The molecule has 34 heavy (non-hydrogen) atoms. The van der Waals surface area contributed by atoms with Gasteiger partial charge in [-0.2, -0.15) is 0 Å². The molecule has 0 atom stereocenters. The lowest BCUT2D eigenvalue weighted by atomic mass is 10.2. The summed E-state index contributed by atoms with van der Waals surface area (Å²) in [5.74, 6) is -0.304. The predicted molar refractivity (Wildman–Crippen MR) is 136 cm³/mol. The molecule has 0 radical (unpaired) electrons. The van der Waals surface area contributed by atoms with Gasteiger partial charge in [0, 0.05) is 5.69 Å². The molecule has 0 saturated carbocycles. The molecule has 4 rings (SSSR count). The summed E-state index contributed by atoms with van der Waals surface area (Å²) in [4.78, 5) is 26.8. The highest BCUT2D eigenvalue weighted by atomic mass is 32.2. The molecule has 9 heteroatoms. The predicted octanol–water partition coefficient (Wildman–Crippen LogP) is 5.26. The molecule has 6 nitrogen and oxygen atoms in total. The number of ether oxygens (including phenoxy) is 2. The summed E-state index contributed by atoms with van der Waals surface area (Å²) in [5, 5.41) is 2.74. The third-order valence-corrected chi connectivity index (χ3v) is 6.06. The topological polar surface area (TPSA) is 67.9 Å². The maximum Gasteiger partial charge on any atom is 0.270 e. The molecule has 1 fully saturated rings. The zero-order valence-corrected chi connectivity index (χ0v) is 19.6. The first kappa shape index (κ1) is 23.5. The fourth-order valence-corrected chi connectivity index (χ4v) is 4.51. The van der Waals surface area contributed by atoms with E-state index in [0.29, 0.717) is 37.7 Å². The van der Waals surface area contributed by atoms with Gasteiger partial charge in [-0.15, -0.1) is 0 Å². The van der Waals surface area contributed by atoms with Crippen LogP contribution in [0, 0.1) is 5.82 Å². The lowest BCUT2D eigenvalue weighted by molar-refractivity contribution is -0.118. The van der Waals surface area contributed by atoms with Crippen molar-refractivity contribution in [2.45, 2.75) is 0 Å². The first-order valence-electron chi connectivity index (χ1n) is 10.1. The molecule has 172 valence electrons. The van der Waals surface area contributed by atoms with Gasteiger partial charge in [0.1, 0.15) is 5.82 Å². The smallest absolute Gasteiger partial charge is 0.270 e. The normalized spacial score (nSPS) is 14.4. The zero-order valence-electron chi connectivity index (χ0n) is 18.0. The summed E-state index contributed by atoms with van der Waals surface area (Å²) >= 11 is 6.46. The average Bonchev–Trinajstić information content (AvgIpc) is 3.11. The Balaban J connectivity index is 1.46. The number of thioether (sulfide) groups is 1. The molecule has 0 spiro atoms. The Morgan fingerprint density at radius 1 is 1.09 bits per heavy atom. The van der Waals surface area contributed by atoms with Gasteiger partial charge >= 0.3 is 0 Å². The van der Waals surface area contributed by atoms with Gasteiger partial charge < -0.3 is 14.8 Å². The number of anilines is 2. The number of thiocarbonyl (C=S) groups is 1. The van der Waals surface area contributed by atoms with E-state index in [9.17, 15) is 14.0 Å². The summed E-state index contributed by atoms with van der Waals surface area (Å²) in [6, 6.07) is 19.9. The van der Waals surface area contributed by atoms with Gasteiger partial charge in [0.25, 0.3) is 11.8 Å². The molecule has 0 aliphatic carbocycles. The lowest BCUT2D eigenvalue weighted by Crippen LogP contribution is -2.27. The molecule has 1 N–H and O–H groups in total. The number of halogens is 1. The maximum absolute atomic E-state index is 13.6. The van der Waals surface area contributed by atoms with Crippen LogP contribution in [0.3, 0.4) is 0 Å². The number of hydrogen-bond donors (Lipinski definition) is 1. The van der Waals surface area contributed by atoms with Crippen LogP contribution in [0.2, 0.25) is 0 Å². The van der Waals surface area contributed by atoms with E-state index in [0.717, 1.165) is 11.8 Å². The van der Waals surface area contributed by atoms with Crippen molar-refractivity contribution < 1.29 is 23.5 Å². The van der Waals surface area contributed by atoms with E-state index < -0.39 is 5.82 Å². The van der Waals surface area contributed by atoms with Gasteiger partial charge in [0.15, 0.2) is 22.4 Å². The van der Waals surface area contributed by atoms with Crippen molar-refractivity contribution in [3.63, 3.8) is 0 Å². The number of para-hydroxylation sites is 1. The van der Waals surface area contributed by atoms with Crippen LogP contribution in [-0.4, -0.2) is 29.9 Å². The molecule has 0 aromatic heterocycles. The van der Waals surface area contributed by atoms with Crippen LogP contribution in [0.5, 0.6) is 11.5 Å². The lowest BCUT2D eigenvalue weighted by Gasteiger charge is -2.14. The molecule has 3 aromatic carbocycles. The molecule has 2 amide bonds. The number of hydrogen-bond acceptors (Lipinski definition) is 6. The number of nitrogens with zero attached hydrogens (tertiary/aromatic N) is 1. The second-order valence-corrected chi connectivity index (χ2v) is 8.79. The van der Waals surface area contributed by atoms with Crippen molar-refractivity contribution in [1.29, 1.82) is 0 Å². The van der Waals surface area contributed by atoms with Crippen LogP contribution in [-0.2, 0) is 9.59 Å². The third-order valence-electron chi connectivity index (χ3n) is 4.76.